The van der Waals surface area contributed by atoms with Crippen molar-refractivity contribution in [3.63, 3.8) is 0 Å². The Morgan fingerprint density at radius 2 is 0.828 bits per heavy atom. The van der Waals surface area contributed by atoms with Crippen LogP contribution < -0.4 is 0 Å². The van der Waals surface area contributed by atoms with Crippen LogP contribution in [0.4, 0.5) is 0 Å². The molecule has 3 heterocycles. The summed E-state index contributed by atoms with van der Waals surface area (Å²) in [5.74, 6) is 1.77. The first kappa shape index (κ1) is 32.4. The highest BCUT2D eigenvalue weighted by Gasteiger charge is 2.21. The molecular weight excluding hydrogens is 707 g/mol. The van der Waals surface area contributed by atoms with Crippen molar-refractivity contribution in [1.82, 2.24) is 24.1 Å². The third-order valence-electron chi connectivity index (χ3n) is 11.6. The summed E-state index contributed by atoms with van der Waals surface area (Å²) in [5, 5.41) is 9.46. The van der Waals surface area contributed by atoms with Crippen molar-refractivity contribution < 1.29 is 0 Å². The predicted octanol–water partition coefficient (Wildman–Crippen LogP) is 13.4. The quantitative estimate of drug-likeness (QED) is 0.165. The monoisotopic (exact) mass is 739 g/mol. The van der Waals surface area contributed by atoms with Crippen molar-refractivity contribution in [2.75, 3.05) is 0 Å². The Hall–Kier alpha value is -7.89. The molecule has 58 heavy (non-hydrogen) atoms. The first-order valence-electron chi connectivity index (χ1n) is 19.6. The molecule has 0 bridgehead atoms. The number of nitrogens with zero attached hydrogens (tertiary/aromatic N) is 5. The molecule has 270 valence electrons. The van der Waals surface area contributed by atoms with Gasteiger partial charge in [-0.1, -0.05) is 158 Å². The van der Waals surface area contributed by atoms with Gasteiger partial charge in [0.25, 0.3) is 0 Å². The van der Waals surface area contributed by atoms with Crippen molar-refractivity contribution in [3.8, 4) is 45.5 Å². The number of aromatic nitrogens is 5. The van der Waals surface area contributed by atoms with E-state index in [1.54, 1.807) is 0 Å². The van der Waals surface area contributed by atoms with E-state index in [4.69, 9.17) is 15.0 Å². The molecule has 0 spiro atoms. The maximum Gasteiger partial charge on any atom is 0.238 e. The molecule has 0 aliphatic heterocycles. The first-order valence-corrected chi connectivity index (χ1v) is 19.6. The highest BCUT2D eigenvalue weighted by atomic mass is 15.2. The number of benzene rings is 9. The van der Waals surface area contributed by atoms with Gasteiger partial charge in [-0.25, -0.2) is 4.98 Å². The summed E-state index contributed by atoms with van der Waals surface area (Å²) < 4.78 is 4.56. The van der Waals surface area contributed by atoms with E-state index in [2.05, 4.69) is 209 Å². The summed E-state index contributed by atoms with van der Waals surface area (Å²) in [6.07, 6.45) is 0. The normalized spacial score (nSPS) is 11.8. The largest absolute Gasteiger partial charge is 0.309 e. The minimum absolute atomic E-state index is 0.562. The van der Waals surface area contributed by atoms with Crippen LogP contribution in [0.15, 0.2) is 200 Å². The zero-order chi connectivity index (χ0) is 38.2. The molecule has 0 N–H and O–H groups in total. The molecule has 0 aliphatic rings. The molecule has 9 aromatic carbocycles. The summed E-state index contributed by atoms with van der Waals surface area (Å²) in [6, 6.07) is 70.9. The molecule has 0 saturated carbocycles. The van der Waals surface area contributed by atoms with Crippen LogP contribution in [0.2, 0.25) is 0 Å². The first-order chi connectivity index (χ1) is 28.8. The van der Waals surface area contributed by atoms with E-state index in [0.29, 0.717) is 17.6 Å². The summed E-state index contributed by atoms with van der Waals surface area (Å²) in [5.41, 5.74) is 9.45. The fraction of sp³-hybridized carbons (Fsp3) is 0. The Labute approximate surface area is 333 Å². The van der Waals surface area contributed by atoms with Crippen molar-refractivity contribution in [1.29, 1.82) is 0 Å². The number of rotatable bonds is 5. The van der Waals surface area contributed by atoms with Crippen LogP contribution >= 0.6 is 0 Å². The van der Waals surface area contributed by atoms with Gasteiger partial charge in [0.2, 0.25) is 5.95 Å². The maximum atomic E-state index is 5.44. The van der Waals surface area contributed by atoms with Gasteiger partial charge < -0.3 is 4.57 Å². The van der Waals surface area contributed by atoms with E-state index in [-0.39, 0.29) is 0 Å². The van der Waals surface area contributed by atoms with Gasteiger partial charge in [0.05, 0.1) is 27.8 Å². The molecule has 0 aliphatic carbocycles. The van der Waals surface area contributed by atoms with Gasteiger partial charge in [0.15, 0.2) is 11.6 Å². The Bertz CT molecular complexity index is 3520. The topological polar surface area (TPSA) is 48.5 Å². The van der Waals surface area contributed by atoms with E-state index in [0.717, 1.165) is 66.2 Å². The van der Waals surface area contributed by atoms with Gasteiger partial charge in [-0.3, -0.25) is 4.57 Å². The SMILES string of the molecule is c1ccc(-c2ccc3c4ccccc4n(-c4nc(-c5ccc6c(ccc7ccccc76)c5)nc(-c5ccccc5-n5c6ccccc6c6ccccc65)n4)c3c2)cc1. The second-order valence-corrected chi connectivity index (χ2v) is 14.8. The van der Waals surface area contributed by atoms with Crippen LogP contribution in [0, 0.1) is 0 Å². The standard InChI is InChI=1S/C53H33N5/c1-2-14-34(15-3-1)36-28-31-44-43-20-8-12-24-48(43)58(50(44)33-36)53-55-51(38-29-30-40-37(32-38)27-26-35-16-4-5-17-39(35)40)54-52(56-53)45-21-9-13-25-49(45)57-46-22-10-6-18-41(46)42-19-7-11-23-47(42)57/h1-33H. The second-order valence-electron chi connectivity index (χ2n) is 14.8. The lowest BCUT2D eigenvalue weighted by atomic mass is 10.00. The third kappa shape index (κ3) is 5.00. The maximum absolute atomic E-state index is 5.44. The molecule has 0 saturated heterocycles. The van der Waals surface area contributed by atoms with E-state index >= 15 is 0 Å². The van der Waals surface area contributed by atoms with Gasteiger partial charge in [0.1, 0.15) is 0 Å². The van der Waals surface area contributed by atoms with E-state index < -0.39 is 0 Å². The van der Waals surface area contributed by atoms with Gasteiger partial charge in [-0.2, -0.15) is 9.97 Å². The zero-order valence-electron chi connectivity index (χ0n) is 31.3. The van der Waals surface area contributed by atoms with Crippen LogP contribution in [-0.4, -0.2) is 24.1 Å². The van der Waals surface area contributed by atoms with Crippen LogP contribution in [0.1, 0.15) is 0 Å². The van der Waals surface area contributed by atoms with E-state index in [1.165, 1.54) is 26.9 Å². The molecule has 3 aromatic heterocycles. The molecule has 0 radical (unpaired) electrons. The molecule has 0 amide bonds. The Morgan fingerprint density at radius 1 is 0.293 bits per heavy atom. The predicted molar refractivity (Wildman–Crippen MR) is 240 cm³/mol. The van der Waals surface area contributed by atoms with Crippen LogP contribution in [0.5, 0.6) is 0 Å². The van der Waals surface area contributed by atoms with Crippen LogP contribution in [0.25, 0.3) is 111 Å². The summed E-state index contributed by atoms with van der Waals surface area (Å²) in [6.45, 7) is 0. The van der Waals surface area contributed by atoms with Gasteiger partial charge in [0, 0.05) is 32.7 Å². The number of hydrogen-bond acceptors (Lipinski definition) is 3. The second kappa shape index (κ2) is 12.8. The Morgan fingerprint density at radius 3 is 1.59 bits per heavy atom. The van der Waals surface area contributed by atoms with Gasteiger partial charge in [-0.05, 0) is 75.1 Å². The smallest absolute Gasteiger partial charge is 0.238 e. The van der Waals surface area contributed by atoms with Crippen molar-refractivity contribution >= 4 is 65.2 Å². The lowest BCUT2D eigenvalue weighted by molar-refractivity contribution is 0.952. The Balaban J connectivity index is 1.15. The Kier molecular flexibility index (Phi) is 7.16. The number of fused-ring (bicyclic) bond motifs is 9. The van der Waals surface area contributed by atoms with E-state index in [1.807, 2.05) is 0 Å². The fourth-order valence-electron chi connectivity index (χ4n) is 8.90. The molecule has 0 fully saturated rings. The minimum Gasteiger partial charge on any atom is -0.309 e. The van der Waals surface area contributed by atoms with Crippen LogP contribution in [0.3, 0.4) is 0 Å². The summed E-state index contributed by atoms with van der Waals surface area (Å²) in [7, 11) is 0. The van der Waals surface area contributed by atoms with Crippen molar-refractivity contribution in [2.45, 2.75) is 0 Å². The van der Waals surface area contributed by atoms with Crippen molar-refractivity contribution in [2.24, 2.45) is 0 Å². The van der Waals surface area contributed by atoms with E-state index in [9.17, 15) is 0 Å². The molecule has 0 unspecified atom stereocenters. The minimum atomic E-state index is 0.562. The van der Waals surface area contributed by atoms with Crippen molar-refractivity contribution in [3.05, 3.63) is 200 Å². The van der Waals surface area contributed by atoms with Crippen LogP contribution in [-0.2, 0) is 0 Å². The fourth-order valence-corrected chi connectivity index (χ4v) is 8.90. The summed E-state index contributed by atoms with van der Waals surface area (Å²) in [4.78, 5) is 16.2. The third-order valence-corrected chi connectivity index (χ3v) is 11.6. The molecule has 0 atom stereocenters. The number of hydrogen-bond donors (Lipinski definition) is 0. The van der Waals surface area contributed by atoms with Gasteiger partial charge >= 0.3 is 0 Å². The average Bonchev–Trinajstić information content (AvgIpc) is 3.81. The average molecular weight is 740 g/mol. The molecule has 5 nitrogen and oxygen atoms in total. The molecule has 12 aromatic rings. The molecule has 12 rings (SSSR count). The highest BCUT2D eigenvalue weighted by Crippen LogP contribution is 2.38. The van der Waals surface area contributed by atoms with Gasteiger partial charge in [-0.15, -0.1) is 0 Å². The number of para-hydroxylation sites is 4. The molecule has 5 heteroatoms. The summed E-state index contributed by atoms with van der Waals surface area (Å²) >= 11 is 0. The zero-order valence-corrected chi connectivity index (χ0v) is 31.3. The highest BCUT2D eigenvalue weighted by molar-refractivity contribution is 6.11. The lowest BCUT2D eigenvalue weighted by Gasteiger charge is -2.15. The lowest BCUT2D eigenvalue weighted by Crippen LogP contribution is -2.08. The molecular formula is C53H33N5.